The fourth-order valence-corrected chi connectivity index (χ4v) is 3.26. The highest BCUT2D eigenvalue weighted by molar-refractivity contribution is 5.79. The lowest BCUT2D eigenvalue weighted by molar-refractivity contribution is -0.122. The monoisotopic (exact) mass is 223 g/mol. The van der Waals surface area contributed by atoms with Crippen LogP contribution in [0.3, 0.4) is 0 Å². The highest BCUT2D eigenvalue weighted by Crippen LogP contribution is 2.28. The molecule has 1 heterocycles. The number of nitrogens with zero attached hydrogens (tertiary/aromatic N) is 1. The number of ketones is 1. The smallest absolute Gasteiger partial charge is 0.135 e. The number of hydrogen-bond acceptors (Lipinski definition) is 2. The zero-order chi connectivity index (χ0) is 11.4. The van der Waals surface area contributed by atoms with E-state index in [9.17, 15) is 4.79 Å². The van der Waals surface area contributed by atoms with E-state index in [2.05, 4.69) is 11.8 Å². The average Bonchev–Trinajstić information content (AvgIpc) is 2.74. The quantitative estimate of drug-likeness (QED) is 0.730. The Morgan fingerprint density at radius 2 is 2.06 bits per heavy atom. The first-order valence-corrected chi connectivity index (χ1v) is 7.01. The van der Waals surface area contributed by atoms with E-state index in [1.807, 2.05) is 0 Å². The number of rotatable bonds is 4. The molecule has 2 rings (SSSR count). The summed E-state index contributed by atoms with van der Waals surface area (Å²) in [7, 11) is 0. The Labute approximate surface area is 99.4 Å². The molecule has 2 fully saturated rings. The zero-order valence-corrected chi connectivity index (χ0v) is 10.6. The standard InChI is InChI=1S/C14H25NO/c1-12-11-14(16)8-10-15(12)9-4-7-13-5-2-3-6-13/h12-13H,2-11H2,1H3. The van der Waals surface area contributed by atoms with E-state index in [0.29, 0.717) is 11.8 Å². The number of likely N-dealkylation sites (tertiary alicyclic amines) is 1. The van der Waals surface area contributed by atoms with E-state index < -0.39 is 0 Å². The fraction of sp³-hybridized carbons (Fsp3) is 0.929. The molecule has 0 bridgehead atoms. The molecule has 2 heteroatoms. The Morgan fingerprint density at radius 3 is 2.75 bits per heavy atom. The molecule has 1 unspecified atom stereocenters. The minimum absolute atomic E-state index is 0.458. The van der Waals surface area contributed by atoms with Crippen molar-refractivity contribution < 1.29 is 4.79 Å². The summed E-state index contributed by atoms with van der Waals surface area (Å²) in [5, 5.41) is 0. The second-order valence-electron chi connectivity index (χ2n) is 5.67. The first-order valence-electron chi connectivity index (χ1n) is 7.01. The molecule has 2 nitrogen and oxygen atoms in total. The van der Waals surface area contributed by atoms with Gasteiger partial charge in [-0.3, -0.25) is 9.69 Å². The molecule has 1 saturated carbocycles. The predicted octanol–water partition coefficient (Wildman–Crippen LogP) is 3.01. The summed E-state index contributed by atoms with van der Waals surface area (Å²) in [6.45, 7) is 4.42. The van der Waals surface area contributed by atoms with Crippen LogP contribution in [-0.2, 0) is 4.79 Å². The maximum Gasteiger partial charge on any atom is 0.135 e. The molecule has 1 saturated heterocycles. The van der Waals surface area contributed by atoms with E-state index in [0.717, 1.165) is 25.3 Å². The summed E-state index contributed by atoms with van der Waals surface area (Å²) < 4.78 is 0. The summed E-state index contributed by atoms with van der Waals surface area (Å²) >= 11 is 0. The number of piperidine rings is 1. The molecule has 1 aliphatic carbocycles. The van der Waals surface area contributed by atoms with Gasteiger partial charge in [-0.25, -0.2) is 0 Å². The topological polar surface area (TPSA) is 20.3 Å². The van der Waals surface area contributed by atoms with Crippen LogP contribution in [0, 0.1) is 5.92 Å². The van der Waals surface area contributed by atoms with E-state index >= 15 is 0 Å². The van der Waals surface area contributed by atoms with Gasteiger partial charge in [0.1, 0.15) is 5.78 Å². The van der Waals surface area contributed by atoms with Crippen LogP contribution in [0.4, 0.5) is 0 Å². The Hall–Kier alpha value is -0.370. The highest BCUT2D eigenvalue weighted by Gasteiger charge is 2.23. The van der Waals surface area contributed by atoms with Gasteiger partial charge in [0, 0.05) is 25.4 Å². The van der Waals surface area contributed by atoms with Crippen LogP contribution in [0.2, 0.25) is 0 Å². The zero-order valence-electron chi connectivity index (χ0n) is 10.6. The molecule has 1 aliphatic heterocycles. The van der Waals surface area contributed by atoms with Crippen LogP contribution >= 0.6 is 0 Å². The van der Waals surface area contributed by atoms with Crippen molar-refractivity contribution >= 4 is 5.78 Å². The molecule has 2 aliphatic rings. The fourth-order valence-electron chi connectivity index (χ4n) is 3.26. The van der Waals surface area contributed by atoms with Gasteiger partial charge in [-0.2, -0.15) is 0 Å². The second-order valence-corrected chi connectivity index (χ2v) is 5.67. The third-order valence-corrected chi connectivity index (χ3v) is 4.36. The molecule has 16 heavy (non-hydrogen) atoms. The van der Waals surface area contributed by atoms with E-state index in [-0.39, 0.29) is 0 Å². The summed E-state index contributed by atoms with van der Waals surface area (Å²) in [6.07, 6.45) is 10.2. The maximum atomic E-state index is 11.3. The van der Waals surface area contributed by atoms with Crippen molar-refractivity contribution in [3.63, 3.8) is 0 Å². The lowest BCUT2D eigenvalue weighted by Gasteiger charge is -2.32. The molecule has 0 spiro atoms. The van der Waals surface area contributed by atoms with Gasteiger partial charge in [-0.05, 0) is 32.2 Å². The van der Waals surface area contributed by atoms with Gasteiger partial charge < -0.3 is 0 Å². The third-order valence-electron chi connectivity index (χ3n) is 4.36. The average molecular weight is 223 g/mol. The predicted molar refractivity (Wildman–Crippen MR) is 66.5 cm³/mol. The van der Waals surface area contributed by atoms with Gasteiger partial charge in [0.2, 0.25) is 0 Å². The van der Waals surface area contributed by atoms with Gasteiger partial charge >= 0.3 is 0 Å². The van der Waals surface area contributed by atoms with Gasteiger partial charge in [-0.15, -0.1) is 0 Å². The van der Waals surface area contributed by atoms with Gasteiger partial charge in [0.25, 0.3) is 0 Å². The first kappa shape index (κ1) is 12.1. The van der Waals surface area contributed by atoms with Crippen molar-refractivity contribution in [2.75, 3.05) is 13.1 Å². The van der Waals surface area contributed by atoms with Crippen molar-refractivity contribution in [2.24, 2.45) is 5.92 Å². The maximum absolute atomic E-state index is 11.3. The van der Waals surface area contributed by atoms with Crippen LogP contribution in [0.5, 0.6) is 0 Å². The molecule has 0 aromatic heterocycles. The van der Waals surface area contributed by atoms with Crippen molar-refractivity contribution in [3.8, 4) is 0 Å². The Bertz CT molecular complexity index is 233. The number of carbonyl (C=O) groups is 1. The Kier molecular flexibility index (Phi) is 4.39. The largest absolute Gasteiger partial charge is 0.300 e. The Balaban J connectivity index is 1.63. The van der Waals surface area contributed by atoms with Gasteiger partial charge in [-0.1, -0.05) is 25.7 Å². The van der Waals surface area contributed by atoms with Crippen LogP contribution in [0.1, 0.15) is 58.3 Å². The molecule has 92 valence electrons. The summed E-state index contributed by atoms with van der Waals surface area (Å²) in [5.41, 5.74) is 0. The van der Waals surface area contributed by atoms with Crippen molar-refractivity contribution in [3.05, 3.63) is 0 Å². The normalized spacial score (nSPS) is 28.8. The minimum Gasteiger partial charge on any atom is -0.300 e. The minimum atomic E-state index is 0.458. The van der Waals surface area contributed by atoms with E-state index in [4.69, 9.17) is 0 Å². The van der Waals surface area contributed by atoms with Crippen molar-refractivity contribution in [1.29, 1.82) is 0 Å². The highest BCUT2D eigenvalue weighted by atomic mass is 16.1. The molecule has 0 amide bonds. The van der Waals surface area contributed by atoms with Crippen LogP contribution in [-0.4, -0.2) is 29.8 Å². The molecule has 0 radical (unpaired) electrons. The lowest BCUT2D eigenvalue weighted by atomic mass is 9.99. The summed E-state index contributed by atoms with van der Waals surface area (Å²) in [4.78, 5) is 13.8. The van der Waals surface area contributed by atoms with E-state index in [1.165, 1.54) is 45.1 Å². The van der Waals surface area contributed by atoms with Gasteiger partial charge in [0.05, 0.1) is 0 Å². The van der Waals surface area contributed by atoms with Crippen molar-refractivity contribution in [2.45, 2.75) is 64.3 Å². The number of Topliss-reactive ketones (excluding diaryl/α,β-unsaturated/α-hetero) is 1. The van der Waals surface area contributed by atoms with Crippen LogP contribution < -0.4 is 0 Å². The number of carbonyl (C=O) groups excluding carboxylic acids is 1. The second kappa shape index (κ2) is 5.81. The summed E-state index contributed by atoms with van der Waals surface area (Å²) in [5.74, 6) is 1.47. The van der Waals surface area contributed by atoms with Gasteiger partial charge in [0.15, 0.2) is 0 Å². The Morgan fingerprint density at radius 1 is 1.31 bits per heavy atom. The van der Waals surface area contributed by atoms with E-state index in [1.54, 1.807) is 0 Å². The first-order chi connectivity index (χ1) is 7.75. The molecule has 0 aromatic carbocycles. The SMILES string of the molecule is CC1CC(=O)CCN1CCCC1CCCC1. The molecule has 0 N–H and O–H groups in total. The van der Waals surface area contributed by atoms with Crippen LogP contribution in [0.25, 0.3) is 0 Å². The lowest BCUT2D eigenvalue weighted by Crippen LogP contribution is -2.41. The molecule has 0 aromatic rings. The number of hydrogen-bond donors (Lipinski definition) is 0. The third kappa shape index (κ3) is 3.31. The van der Waals surface area contributed by atoms with Crippen LogP contribution in [0.15, 0.2) is 0 Å². The van der Waals surface area contributed by atoms with Crippen molar-refractivity contribution in [1.82, 2.24) is 4.90 Å². The molecular formula is C14H25NO. The molecular weight excluding hydrogens is 198 g/mol. The molecule has 1 atom stereocenters. The summed E-state index contributed by atoms with van der Waals surface area (Å²) in [6, 6.07) is 0.491.